The maximum atomic E-state index is 13.2. The molecule has 1 fully saturated rings. The number of carbonyl (C=O) groups excluding carboxylic acids is 1. The predicted octanol–water partition coefficient (Wildman–Crippen LogP) is 4.32. The van der Waals surface area contributed by atoms with E-state index in [0.717, 1.165) is 68.9 Å². The highest BCUT2D eigenvalue weighted by atomic mass is 32.1. The summed E-state index contributed by atoms with van der Waals surface area (Å²) in [7, 11) is 0. The first-order valence-corrected chi connectivity index (χ1v) is 11.0. The first kappa shape index (κ1) is 18.7. The third-order valence-corrected chi connectivity index (χ3v) is 7.19. The van der Waals surface area contributed by atoms with Crippen LogP contribution in [0.4, 0.5) is 0 Å². The Kier molecular flexibility index (Phi) is 5.37. The number of carbonyl (C=O) groups is 1. The molecule has 2 aliphatic heterocycles. The third kappa shape index (κ3) is 3.57. The Morgan fingerprint density at radius 3 is 2.93 bits per heavy atom. The molecular formula is C21H29N3O2S. The fourth-order valence-corrected chi connectivity index (χ4v) is 5.61. The van der Waals surface area contributed by atoms with E-state index < -0.39 is 0 Å². The van der Waals surface area contributed by atoms with Crippen LogP contribution in [0.15, 0.2) is 9.90 Å². The van der Waals surface area contributed by atoms with Gasteiger partial charge >= 0.3 is 0 Å². The predicted molar refractivity (Wildman–Crippen MR) is 107 cm³/mol. The van der Waals surface area contributed by atoms with E-state index in [0.29, 0.717) is 6.04 Å². The average Bonchev–Trinajstić information content (AvgIpc) is 3.25. The van der Waals surface area contributed by atoms with E-state index in [-0.39, 0.29) is 5.91 Å². The largest absolute Gasteiger partial charge is 0.361 e. The Morgan fingerprint density at radius 1 is 1.33 bits per heavy atom. The van der Waals surface area contributed by atoms with Crippen molar-refractivity contribution in [3.05, 3.63) is 38.4 Å². The van der Waals surface area contributed by atoms with Crippen LogP contribution in [0.1, 0.15) is 70.4 Å². The van der Waals surface area contributed by atoms with Gasteiger partial charge in [0.1, 0.15) is 5.76 Å². The van der Waals surface area contributed by atoms with Crippen molar-refractivity contribution >= 4 is 17.2 Å². The summed E-state index contributed by atoms with van der Waals surface area (Å²) in [6, 6.07) is 0.418. The Bertz CT molecular complexity index is 806. The van der Waals surface area contributed by atoms with Crippen molar-refractivity contribution in [3.63, 3.8) is 0 Å². The van der Waals surface area contributed by atoms with Crippen molar-refractivity contribution in [2.45, 2.75) is 72.0 Å². The summed E-state index contributed by atoms with van der Waals surface area (Å²) in [6.07, 6.45) is 5.55. The van der Waals surface area contributed by atoms with Gasteiger partial charge in [-0.1, -0.05) is 12.1 Å². The second-order valence-electron chi connectivity index (χ2n) is 7.87. The van der Waals surface area contributed by atoms with Crippen molar-refractivity contribution in [1.29, 1.82) is 0 Å². The highest BCUT2D eigenvalue weighted by Crippen LogP contribution is 2.32. The number of piperidine rings is 1. The second kappa shape index (κ2) is 7.76. The SMILES string of the molecule is CCC1CCCCN1C(=O)c1csc2c1CCN(Cc1c(C)noc1C)C2. The second-order valence-corrected chi connectivity index (χ2v) is 8.84. The summed E-state index contributed by atoms with van der Waals surface area (Å²) in [5.74, 6) is 1.18. The number of amides is 1. The lowest BCUT2D eigenvalue weighted by atomic mass is 9.97. The van der Waals surface area contributed by atoms with Gasteiger partial charge in [-0.25, -0.2) is 0 Å². The quantitative estimate of drug-likeness (QED) is 0.784. The summed E-state index contributed by atoms with van der Waals surface area (Å²) < 4.78 is 5.31. The Labute approximate surface area is 165 Å². The molecule has 2 aliphatic rings. The molecule has 2 aromatic rings. The zero-order valence-electron chi connectivity index (χ0n) is 16.6. The van der Waals surface area contributed by atoms with Crippen molar-refractivity contribution in [1.82, 2.24) is 15.0 Å². The van der Waals surface area contributed by atoms with Crippen LogP contribution < -0.4 is 0 Å². The van der Waals surface area contributed by atoms with Gasteiger partial charge in [-0.15, -0.1) is 11.3 Å². The van der Waals surface area contributed by atoms with Gasteiger partial charge in [-0.2, -0.15) is 0 Å². The van der Waals surface area contributed by atoms with Crippen LogP contribution in [-0.4, -0.2) is 40.0 Å². The van der Waals surface area contributed by atoms with Crippen LogP contribution in [0.5, 0.6) is 0 Å². The van der Waals surface area contributed by atoms with Crippen LogP contribution in [0, 0.1) is 13.8 Å². The van der Waals surface area contributed by atoms with Crippen LogP contribution in [0.3, 0.4) is 0 Å². The van der Waals surface area contributed by atoms with Crippen LogP contribution in [0.2, 0.25) is 0 Å². The van der Waals surface area contributed by atoms with Gasteiger partial charge in [-0.3, -0.25) is 9.69 Å². The van der Waals surface area contributed by atoms with Gasteiger partial charge in [0, 0.05) is 48.0 Å². The van der Waals surface area contributed by atoms with E-state index in [1.807, 2.05) is 13.8 Å². The van der Waals surface area contributed by atoms with Crippen molar-refractivity contribution in [2.75, 3.05) is 13.1 Å². The van der Waals surface area contributed by atoms with Crippen molar-refractivity contribution in [3.8, 4) is 0 Å². The fourth-order valence-electron chi connectivity index (χ4n) is 4.49. The number of aryl methyl sites for hydroxylation is 2. The molecular weight excluding hydrogens is 358 g/mol. The minimum absolute atomic E-state index is 0.262. The molecule has 0 aromatic carbocycles. The van der Waals surface area contributed by atoms with Gasteiger partial charge in [-0.05, 0) is 51.5 Å². The Balaban J connectivity index is 1.49. The molecule has 4 rings (SSSR count). The molecule has 0 N–H and O–H groups in total. The van der Waals surface area contributed by atoms with Gasteiger partial charge in [0.25, 0.3) is 5.91 Å². The van der Waals surface area contributed by atoms with Gasteiger partial charge in [0.05, 0.1) is 11.3 Å². The molecule has 4 heterocycles. The van der Waals surface area contributed by atoms with E-state index in [4.69, 9.17) is 4.52 Å². The molecule has 0 aliphatic carbocycles. The highest BCUT2D eigenvalue weighted by Gasteiger charge is 2.31. The van der Waals surface area contributed by atoms with E-state index >= 15 is 0 Å². The van der Waals surface area contributed by atoms with Crippen molar-refractivity contribution in [2.24, 2.45) is 0 Å². The molecule has 5 nitrogen and oxygen atoms in total. The number of likely N-dealkylation sites (tertiary alicyclic amines) is 1. The van der Waals surface area contributed by atoms with Crippen LogP contribution in [-0.2, 0) is 19.5 Å². The molecule has 0 radical (unpaired) electrons. The minimum Gasteiger partial charge on any atom is -0.361 e. The summed E-state index contributed by atoms with van der Waals surface area (Å²) in [6.45, 7) is 9.86. The first-order valence-electron chi connectivity index (χ1n) is 10.1. The number of fused-ring (bicyclic) bond motifs is 1. The van der Waals surface area contributed by atoms with Crippen LogP contribution in [0.25, 0.3) is 0 Å². The minimum atomic E-state index is 0.262. The van der Waals surface area contributed by atoms with E-state index in [1.165, 1.54) is 22.4 Å². The molecule has 1 atom stereocenters. The lowest BCUT2D eigenvalue weighted by Gasteiger charge is -2.35. The number of hydrogen-bond acceptors (Lipinski definition) is 5. The van der Waals surface area contributed by atoms with Gasteiger partial charge < -0.3 is 9.42 Å². The molecule has 0 spiro atoms. The first-order chi connectivity index (χ1) is 13.1. The smallest absolute Gasteiger partial charge is 0.255 e. The maximum absolute atomic E-state index is 13.2. The molecule has 27 heavy (non-hydrogen) atoms. The zero-order chi connectivity index (χ0) is 19.0. The number of hydrogen-bond donors (Lipinski definition) is 0. The summed E-state index contributed by atoms with van der Waals surface area (Å²) >= 11 is 1.75. The molecule has 2 aromatic heterocycles. The molecule has 1 saturated heterocycles. The number of nitrogens with zero attached hydrogens (tertiary/aromatic N) is 3. The maximum Gasteiger partial charge on any atom is 0.255 e. The molecule has 0 saturated carbocycles. The molecule has 1 unspecified atom stereocenters. The topological polar surface area (TPSA) is 49.6 Å². The highest BCUT2D eigenvalue weighted by molar-refractivity contribution is 7.10. The molecule has 146 valence electrons. The summed E-state index contributed by atoms with van der Waals surface area (Å²) in [5.41, 5.74) is 4.44. The molecule has 6 heteroatoms. The summed E-state index contributed by atoms with van der Waals surface area (Å²) in [5, 5.41) is 6.18. The normalized spacial score (nSPS) is 20.7. The zero-order valence-corrected chi connectivity index (χ0v) is 17.4. The van der Waals surface area contributed by atoms with Gasteiger partial charge in [0.15, 0.2) is 0 Å². The average molecular weight is 388 g/mol. The van der Waals surface area contributed by atoms with Crippen molar-refractivity contribution < 1.29 is 9.32 Å². The summed E-state index contributed by atoms with van der Waals surface area (Å²) in [4.78, 5) is 19.2. The number of thiophene rings is 1. The Hall–Kier alpha value is -1.66. The molecule has 1 amide bonds. The van der Waals surface area contributed by atoms with Crippen LogP contribution >= 0.6 is 11.3 Å². The van der Waals surface area contributed by atoms with Gasteiger partial charge in [0.2, 0.25) is 0 Å². The van der Waals surface area contributed by atoms with E-state index in [2.05, 4.69) is 27.3 Å². The monoisotopic (exact) mass is 387 g/mol. The lowest BCUT2D eigenvalue weighted by molar-refractivity contribution is 0.0606. The molecule has 0 bridgehead atoms. The number of aromatic nitrogens is 1. The van der Waals surface area contributed by atoms with E-state index in [9.17, 15) is 4.79 Å². The Morgan fingerprint density at radius 2 is 2.19 bits per heavy atom. The standard InChI is InChI=1S/C21H29N3O2S/c1-4-16-7-5-6-9-24(16)21(25)19-13-27-20-12-23(10-8-17(19)20)11-18-14(2)22-26-15(18)3/h13,16H,4-12H2,1-3H3. The fraction of sp³-hybridized carbons (Fsp3) is 0.619. The number of rotatable bonds is 4. The van der Waals surface area contributed by atoms with E-state index in [1.54, 1.807) is 11.3 Å². The third-order valence-electron chi connectivity index (χ3n) is 6.18. The lowest BCUT2D eigenvalue weighted by Crippen LogP contribution is -2.43.